The summed E-state index contributed by atoms with van der Waals surface area (Å²) in [6.45, 7) is 2.56. The Kier molecular flexibility index (Phi) is 3.47. The van der Waals surface area contributed by atoms with Gasteiger partial charge in [-0.1, -0.05) is 29.8 Å². The van der Waals surface area contributed by atoms with Crippen LogP contribution in [-0.2, 0) is 6.42 Å². The van der Waals surface area contributed by atoms with Gasteiger partial charge in [-0.15, -0.1) is 0 Å². The average Bonchev–Trinajstić information content (AvgIpc) is 2.49. The summed E-state index contributed by atoms with van der Waals surface area (Å²) in [4.78, 5) is 11.9. The maximum absolute atomic E-state index is 14.0. The fourth-order valence-electron chi connectivity index (χ4n) is 2.70. The molecule has 0 aliphatic carbocycles. The Morgan fingerprint density at radius 2 is 2.05 bits per heavy atom. The number of nitrogens with one attached hydrogen (secondary N) is 1. The molecule has 2 aromatic carbocycles. The van der Waals surface area contributed by atoms with E-state index in [9.17, 15) is 9.18 Å². The van der Waals surface area contributed by atoms with Crippen molar-refractivity contribution in [1.82, 2.24) is 5.32 Å². The Hall–Kier alpha value is -2.20. The first-order valence-corrected chi connectivity index (χ1v) is 6.99. The lowest BCUT2D eigenvalue weighted by molar-refractivity contribution is 0.0946. The smallest absolute Gasteiger partial charge is 0.251 e. The molecule has 3 rings (SSSR count). The minimum atomic E-state index is -0.579. The minimum Gasteiger partial charge on any atom is -0.352 e. The molecule has 0 saturated carbocycles. The zero-order chi connectivity index (χ0) is 15.0. The van der Waals surface area contributed by atoms with Crippen LogP contribution in [0.3, 0.4) is 0 Å². The second kappa shape index (κ2) is 5.30. The number of benzene rings is 2. The third-order valence-electron chi connectivity index (χ3n) is 3.90. The molecule has 0 spiro atoms. The molecule has 0 bridgehead atoms. The number of hydrogen-bond acceptors (Lipinski definition) is 2. The summed E-state index contributed by atoms with van der Waals surface area (Å²) in [7, 11) is 0. The first kappa shape index (κ1) is 13.8. The van der Waals surface area contributed by atoms with E-state index in [2.05, 4.69) is 5.32 Å². The van der Waals surface area contributed by atoms with Crippen molar-refractivity contribution in [3.8, 4) is 0 Å². The lowest BCUT2D eigenvalue weighted by Crippen LogP contribution is -2.32. The Morgan fingerprint density at radius 3 is 2.86 bits per heavy atom. The number of nitrogens with two attached hydrogens (primary N) is 1. The van der Waals surface area contributed by atoms with Gasteiger partial charge in [0, 0.05) is 17.7 Å². The molecule has 1 aliphatic rings. The summed E-state index contributed by atoms with van der Waals surface area (Å²) in [6, 6.07) is 9.88. The SMILES string of the molecule is Cc1ccc(F)c(C(N)c2ccc3c(c2)C(=O)NCC3)c1. The third-order valence-corrected chi connectivity index (χ3v) is 3.90. The van der Waals surface area contributed by atoms with Crippen molar-refractivity contribution in [3.63, 3.8) is 0 Å². The van der Waals surface area contributed by atoms with E-state index in [4.69, 9.17) is 5.73 Å². The molecule has 1 unspecified atom stereocenters. The van der Waals surface area contributed by atoms with Gasteiger partial charge in [0.25, 0.3) is 5.91 Å². The summed E-state index contributed by atoms with van der Waals surface area (Å²) in [5, 5.41) is 2.81. The number of amides is 1. The maximum Gasteiger partial charge on any atom is 0.251 e. The number of carbonyl (C=O) groups excluding carboxylic acids is 1. The highest BCUT2D eigenvalue weighted by molar-refractivity contribution is 5.96. The molecule has 1 aliphatic heterocycles. The molecule has 3 nitrogen and oxygen atoms in total. The van der Waals surface area contributed by atoms with Crippen molar-refractivity contribution in [2.45, 2.75) is 19.4 Å². The first-order chi connectivity index (χ1) is 10.1. The molecule has 108 valence electrons. The van der Waals surface area contributed by atoms with Gasteiger partial charge in [0.2, 0.25) is 0 Å². The predicted octanol–water partition coefficient (Wildman–Crippen LogP) is 2.47. The molecule has 1 heterocycles. The molecule has 0 fully saturated rings. The summed E-state index contributed by atoms with van der Waals surface area (Å²) >= 11 is 0. The van der Waals surface area contributed by atoms with Crippen molar-refractivity contribution < 1.29 is 9.18 Å². The summed E-state index contributed by atoms with van der Waals surface area (Å²) in [5.41, 5.74) is 10.00. The Bertz CT molecular complexity index is 712. The Labute approximate surface area is 123 Å². The van der Waals surface area contributed by atoms with Crippen molar-refractivity contribution >= 4 is 5.91 Å². The zero-order valence-corrected chi connectivity index (χ0v) is 11.8. The van der Waals surface area contributed by atoms with Crippen molar-refractivity contribution in [3.05, 3.63) is 70.0 Å². The summed E-state index contributed by atoms with van der Waals surface area (Å²) < 4.78 is 14.0. The number of halogens is 1. The van der Waals surface area contributed by atoms with Gasteiger partial charge in [-0.3, -0.25) is 4.79 Å². The van der Waals surface area contributed by atoms with Crippen molar-refractivity contribution in [2.24, 2.45) is 5.73 Å². The van der Waals surface area contributed by atoms with Crippen LogP contribution in [0.1, 0.15) is 38.7 Å². The largest absolute Gasteiger partial charge is 0.352 e. The van der Waals surface area contributed by atoms with Crippen LogP contribution in [-0.4, -0.2) is 12.5 Å². The fraction of sp³-hybridized carbons (Fsp3) is 0.235. The summed E-state index contributed by atoms with van der Waals surface area (Å²) in [6.07, 6.45) is 0.815. The Morgan fingerprint density at radius 1 is 1.24 bits per heavy atom. The quantitative estimate of drug-likeness (QED) is 0.890. The van der Waals surface area contributed by atoms with E-state index < -0.39 is 6.04 Å². The van der Waals surface area contributed by atoms with Crippen molar-refractivity contribution in [1.29, 1.82) is 0 Å². The second-order valence-electron chi connectivity index (χ2n) is 5.43. The van der Waals surface area contributed by atoms with Crippen LogP contribution in [0.25, 0.3) is 0 Å². The fourth-order valence-corrected chi connectivity index (χ4v) is 2.70. The summed E-state index contributed by atoms with van der Waals surface area (Å²) in [5.74, 6) is -0.412. The lowest BCUT2D eigenvalue weighted by Gasteiger charge is -2.20. The highest BCUT2D eigenvalue weighted by atomic mass is 19.1. The van der Waals surface area contributed by atoms with E-state index in [0.717, 1.165) is 23.1 Å². The Balaban J connectivity index is 2.02. The number of carbonyl (C=O) groups is 1. The normalized spacial score (nSPS) is 15.3. The van der Waals surface area contributed by atoms with Gasteiger partial charge in [0.15, 0.2) is 0 Å². The molecular formula is C17H17FN2O. The van der Waals surface area contributed by atoms with Gasteiger partial charge in [-0.2, -0.15) is 0 Å². The number of fused-ring (bicyclic) bond motifs is 1. The molecule has 4 heteroatoms. The van der Waals surface area contributed by atoms with Crippen LogP contribution < -0.4 is 11.1 Å². The molecule has 1 amide bonds. The molecule has 2 aromatic rings. The maximum atomic E-state index is 14.0. The van der Waals surface area contributed by atoms with Gasteiger partial charge in [0.1, 0.15) is 5.82 Å². The molecule has 0 radical (unpaired) electrons. The van der Waals surface area contributed by atoms with Gasteiger partial charge < -0.3 is 11.1 Å². The first-order valence-electron chi connectivity index (χ1n) is 6.99. The lowest BCUT2D eigenvalue weighted by atomic mass is 9.92. The van der Waals surface area contributed by atoms with E-state index in [1.807, 2.05) is 19.1 Å². The van der Waals surface area contributed by atoms with E-state index in [1.54, 1.807) is 18.2 Å². The van der Waals surface area contributed by atoms with Gasteiger partial charge >= 0.3 is 0 Å². The molecule has 21 heavy (non-hydrogen) atoms. The standard InChI is InChI=1S/C17H17FN2O/c1-10-2-5-15(18)14(8-10)16(19)12-4-3-11-6-7-20-17(21)13(11)9-12/h2-5,8-9,16H,6-7,19H2,1H3,(H,20,21). The average molecular weight is 284 g/mol. The van der Waals surface area contributed by atoms with Crippen LogP contribution >= 0.6 is 0 Å². The predicted molar refractivity (Wildman–Crippen MR) is 79.6 cm³/mol. The van der Waals surface area contributed by atoms with Crippen LogP contribution in [0.2, 0.25) is 0 Å². The topological polar surface area (TPSA) is 55.1 Å². The number of aryl methyl sites for hydroxylation is 1. The monoisotopic (exact) mass is 284 g/mol. The molecule has 1 atom stereocenters. The molecule has 3 N–H and O–H groups in total. The highest BCUT2D eigenvalue weighted by Gasteiger charge is 2.20. The van der Waals surface area contributed by atoms with Gasteiger partial charge in [-0.05, 0) is 36.6 Å². The van der Waals surface area contributed by atoms with E-state index in [0.29, 0.717) is 17.7 Å². The number of rotatable bonds is 2. The number of hydrogen-bond donors (Lipinski definition) is 2. The second-order valence-corrected chi connectivity index (χ2v) is 5.43. The van der Waals surface area contributed by atoms with Crippen LogP contribution in [0.5, 0.6) is 0 Å². The zero-order valence-electron chi connectivity index (χ0n) is 11.8. The van der Waals surface area contributed by atoms with Crippen LogP contribution in [0.15, 0.2) is 36.4 Å². The van der Waals surface area contributed by atoms with Crippen LogP contribution in [0, 0.1) is 12.7 Å². The van der Waals surface area contributed by atoms with Crippen LogP contribution in [0.4, 0.5) is 4.39 Å². The van der Waals surface area contributed by atoms with E-state index in [1.165, 1.54) is 6.07 Å². The minimum absolute atomic E-state index is 0.0879. The van der Waals surface area contributed by atoms with Crippen molar-refractivity contribution in [2.75, 3.05) is 6.54 Å². The van der Waals surface area contributed by atoms with E-state index in [-0.39, 0.29) is 11.7 Å². The molecular weight excluding hydrogens is 267 g/mol. The van der Waals surface area contributed by atoms with Gasteiger partial charge in [0.05, 0.1) is 6.04 Å². The molecule has 0 aromatic heterocycles. The van der Waals surface area contributed by atoms with E-state index >= 15 is 0 Å². The highest BCUT2D eigenvalue weighted by Crippen LogP contribution is 2.26. The third kappa shape index (κ3) is 2.54. The van der Waals surface area contributed by atoms with Gasteiger partial charge in [-0.25, -0.2) is 4.39 Å². The molecule has 0 saturated heterocycles.